The standard InChI is InChI=1S/C32H44N2O7Si/c1-9-16-39-30(37)33-26-18-28(40-21-23-14-12-11-13-15-23)27(38-6)17-25(26)29(36)34-20-24(35)19-32(34,10-2)22-41-42(7,8)31(3,4)5/h9,11-15,17-18H,1,10,16,19-22H2,2-8H3,(H,33,37)/t32-/m0/s1. The summed E-state index contributed by atoms with van der Waals surface area (Å²) in [7, 11) is -0.694. The average Bonchev–Trinajstić information content (AvgIpc) is 3.30. The number of methoxy groups -OCH3 is 1. The normalized spacial score (nSPS) is 17.1. The first-order valence-electron chi connectivity index (χ1n) is 14.2. The molecule has 2 aromatic rings. The lowest BCUT2D eigenvalue weighted by molar-refractivity contribution is -0.117. The van der Waals surface area contributed by atoms with Gasteiger partial charge in [-0.1, -0.05) is 70.7 Å². The first kappa shape index (κ1) is 32.9. The minimum Gasteiger partial charge on any atom is -0.493 e. The molecule has 0 aromatic heterocycles. The Morgan fingerprint density at radius 1 is 1.14 bits per heavy atom. The van der Waals surface area contributed by atoms with Crippen molar-refractivity contribution in [3.05, 3.63) is 66.2 Å². The van der Waals surface area contributed by atoms with Crippen LogP contribution in [0, 0.1) is 0 Å². The minimum atomic E-state index is -2.17. The van der Waals surface area contributed by atoms with Gasteiger partial charge < -0.3 is 23.5 Å². The second-order valence-electron chi connectivity index (χ2n) is 12.1. The van der Waals surface area contributed by atoms with E-state index in [4.69, 9.17) is 18.6 Å². The third-order valence-electron chi connectivity index (χ3n) is 8.18. The lowest BCUT2D eigenvalue weighted by Crippen LogP contribution is -2.53. The van der Waals surface area contributed by atoms with E-state index in [1.165, 1.54) is 19.3 Å². The van der Waals surface area contributed by atoms with Crippen molar-refractivity contribution in [3.8, 4) is 11.5 Å². The highest BCUT2D eigenvalue weighted by atomic mass is 28.4. The zero-order valence-electron chi connectivity index (χ0n) is 25.9. The van der Waals surface area contributed by atoms with Gasteiger partial charge in [0.2, 0.25) is 0 Å². The number of rotatable bonds is 12. The molecule has 9 nitrogen and oxygen atoms in total. The summed E-state index contributed by atoms with van der Waals surface area (Å²) in [6.07, 6.45) is 1.41. The van der Waals surface area contributed by atoms with E-state index >= 15 is 0 Å². The van der Waals surface area contributed by atoms with E-state index in [-0.39, 0.29) is 54.9 Å². The fourth-order valence-corrected chi connectivity index (χ4v) is 5.56. The first-order chi connectivity index (χ1) is 19.8. The molecule has 0 radical (unpaired) electrons. The number of likely N-dealkylation sites (tertiary alicyclic amines) is 1. The maximum absolute atomic E-state index is 14.3. The van der Waals surface area contributed by atoms with Crippen LogP contribution in [0.5, 0.6) is 11.5 Å². The predicted molar refractivity (Wildman–Crippen MR) is 166 cm³/mol. The molecule has 1 N–H and O–H groups in total. The van der Waals surface area contributed by atoms with Gasteiger partial charge in [-0.25, -0.2) is 4.79 Å². The second-order valence-corrected chi connectivity index (χ2v) is 16.9. The van der Waals surface area contributed by atoms with Gasteiger partial charge in [0.05, 0.1) is 37.1 Å². The number of ether oxygens (including phenoxy) is 3. The maximum atomic E-state index is 14.3. The van der Waals surface area contributed by atoms with Crippen LogP contribution in [0.1, 0.15) is 56.5 Å². The van der Waals surface area contributed by atoms with Crippen LogP contribution in [0.2, 0.25) is 18.1 Å². The molecule has 10 heteroatoms. The molecular weight excluding hydrogens is 552 g/mol. The Labute approximate surface area is 250 Å². The molecule has 42 heavy (non-hydrogen) atoms. The Bertz CT molecular complexity index is 1290. The van der Waals surface area contributed by atoms with Crippen molar-refractivity contribution in [1.82, 2.24) is 4.90 Å². The largest absolute Gasteiger partial charge is 0.493 e. The Balaban J connectivity index is 2.02. The second kappa shape index (κ2) is 13.6. The van der Waals surface area contributed by atoms with Crippen LogP contribution < -0.4 is 14.8 Å². The van der Waals surface area contributed by atoms with Crippen molar-refractivity contribution in [2.45, 2.75) is 70.8 Å². The third-order valence-corrected chi connectivity index (χ3v) is 12.7. The van der Waals surface area contributed by atoms with E-state index in [2.05, 4.69) is 45.8 Å². The van der Waals surface area contributed by atoms with Gasteiger partial charge >= 0.3 is 6.09 Å². The monoisotopic (exact) mass is 596 g/mol. The molecule has 2 amide bonds. The predicted octanol–water partition coefficient (Wildman–Crippen LogP) is 6.59. The van der Waals surface area contributed by atoms with Crippen LogP contribution in [-0.4, -0.2) is 63.4 Å². The van der Waals surface area contributed by atoms with E-state index in [1.54, 1.807) is 11.0 Å². The number of amides is 2. The number of hydrogen-bond donors (Lipinski definition) is 1. The highest BCUT2D eigenvalue weighted by molar-refractivity contribution is 6.74. The van der Waals surface area contributed by atoms with Crippen LogP contribution in [0.25, 0.3) is 0 Å². The van der Waals surface area contributed by atoms with Crippen molar-refractivity contribution < 1.29 is 33.0 Å². The lowest BCUT2D eigenvalue weighted by atomic mass is 9.93. The average molecular weight is 597 g/mol. The molecule has 3 rings (SSSR count). The van der Waals surface area contributed by atoms with Crippen molar-refractivity contribution >= 4 is 31.8 Å². The number of carbonyl (C=O) groups excluding carboxylic acids is 3. The molecule has 0 aliphatic carbocycles. The van der Waals surface area contributed by atoms with Gasteiger partial charge in [0.25, 0.3) is 5.91 Å². The van der Waals surface area contributed by atoms with E-state index < -0.39 is 25.9 Å². The molecule has 0 saturated carbocycles. The molecule has 1 atom stereocenters. The number of nitrogens with zero attached hydrogens (tertiary/aromatic N) is 1. The number of benzene rings is 2. The van der Waals surface area contributed by atoms with Crippen LogP contribution in [0.3, 0.4) is 0 Å². The number of Topliss-reactive ketones (excluding diaryl/α,β-unsaturated/α-hetero) is 1. The van der Waals surface area contributed by atoms with Crippen LogP contribution >= 0.6 is 0 Å². The number of anilines is 1. The van der Waals surface area contributed by atoms with E-state index in [0.29, 0.717) is 17.9 Å². The molecule has 0 bridgehead atoms. The first-order valence-corrected chi connectivity index (χ1v) is 17.1. The van der Waals surface area contributed by atoms with Gasteiger partial charge in [-0.2, -0.15) is 0 Å². The molecule has 1 saturated heterocycles. The van der Waals surface area contributed by atoms with Gasteiger partial charge in [0.1, 0.15) is 13.2 Å². The molecular formula is C32H44N2O7Si. The summed E-state index contributed by atoms with van der Waals surface area (Å²) >= 11 is 0. The van der Waals surface area contributed by atoms with Crippen molar-refractivity contribution in [1.29, 1.82) is 0 Å². The summed E-state index contributed by atoms with van der Waals surface area (Å²) in [5.74, 6) is 0.175. The topological polar surface area (TPSA) is 103 Å². The molecule has 1 aliphatic rings. The molecule has 2 aromatic carbocycles. The van der Waals surface area contributed by atoms with E-state index in [1.807, 2.05) is 37.3 Å². The van der Waals surface area contributed by atoms with E-state index in [9.17, 15) is 14.4 Å². The van der Waals surface area contributed by atoms with Gasteiger partial charge in [-0.05, 0) is 36.2 Å². The molecule has 0 unspecified atom stereocenters. The van der Waals surface area contributed by atoms with Gasteiger partial charge in [0, 0.05) is 12.5 Å². The zero-order chi connectivity index (χ0) is 31.1. The van der Waals surface area contributed by atoms with Crippen LogP contribution in [0.4, 0.5) is 10.5 Å². The molecule has 1 heterocycles. The Morgan fingerprint density at radius 3 is 2.43 bits per heavy atom. The Hall–Kier alpha value is -3.63. The maximum Gasteiger partial charge on any atom is 0.411 e. The number of carbonyl (C=O) groups is 3. The SMILES string of the molecule is C=CCOC(=O)Nc1cc(OCc2ccccc2)c(OC)cc1C(=O)N1CC(=O)C[C@@]1(CC)CO[Si](C)(C)C(C)(C)C. The van der Waals surface area contributed by atoms with Crippen molar-refractivity contribution in [2.24, 2.45) is 0 Å². The Kier molecular flexibility index (Phi) is 10.6. The van der Waals surface area contributed by atoms with Gasteiger partial charge in [-0.3, -0.25) is 14.9 Å². The summed E-state index contributed by atoms with van der Waals surface area (Å²) < 4.78 is 23.3. The van der Waals surface area contributed by atoms with E-state index in [0.717, 1.165) is 5.56 Å². The summed E-state index contributed by atoms with van der Waals surface area (Å²) in [4.78, 5) is 41.4. The van der Waals surface area contributed by atoms with Gasteiger partial charge in [0.15, 0.2) is 25.6 Å². The summed E-state index contributed by atoms with van der Waals surface area (Å²) in [5, 5.41) is 2.63. The smallest absolute Gasteiger partial charge is 0.411 e. The summed E-state index contributed by atoms with van der Waals surface area (Å²) in [5.41, 5.74) is 0.437. The Morgan fingerprint density at radius 2 is 1.83 bits per heavy atom. The molecule has 0 spiro atoms. The minimum absolute atomic E-state index is 0.00695. The van der Waals surface area contributed by atoms with Crippen molar-refractivity contribution in [3.63, 3.8) is 0 Å². The zero-order valence-corrected chi connectivity index (χ0v) is 26.9. The molecule has 1 fully saturated rings. The fourth-order valence-electron chi connectivity index (χ4n) is 4.50. The van der Waals surface area contributed by atoms with Gasteiger partial charge in [-0.15, -0.1) is 0 Å². The van der Waals surface area contributed by atoms with Crippen LogP contribution in [-0.2, 0) is 20.6 Å². The third kappa shape index (κ3) is 7.60. The summed E-state index contributed by atoms with van der Waals surface area (Å²) in [6, 6.07) is 12.7. The van der Waals surface area contributed by atoms with Crippen molar-refractivity contribution in [2.75, 3.05) is 32.2 Å². The van der Waals surface area contributed by atoms with Crippen LogP contribution in [0.15, 0.2) is 55.1 Å². The number of hydrogen-bond acceptors (Lipinski definition) is 7. The molecule has 228 valence electrons. The lowest BCUT2D eigenvalue weighted by Gasteiger charge is -2.43. The fraction of sp³-hybridized carbons (Fsp3) is 0.469. The molecule has 1 aliphatic heterocycles. The highest BCUT2D eigenvalue weighted by Crippen LogP contribution is 2.41. The highest BCUT2D eigenvalue weighted by Gasteiger charge is 2.49. The quantitative estimate of drug-likeness (QED) is 0.218. The summed E-state index contributed by atoms with van der Waals surface area (Å²) in [6.45, 7) is 16.7. The number of ketones is 1. The number of nitrogens with one attached hydrogen (secondary N) is 1.